The molecule has 0 bridgehead atoms. The van der Waals surface area contributed by atoms with Crippen molar-refractivity contribution in [2.75, 3.05) is 12.3 Å². The van der Waals surface area contributed by atoms with E-state index in [0.717, 1.165) is 6.54 Å². The summed E-state index contributed by atoms with van der Waals surface area (Å²) in [5.74, 6) is 0. The van der Waals surface area contributed by atoms with Crippen LogP contribution in [0.5, 0.6) is 0 Å². The molecule has 0 saturated carbocycles. The molecule has 0 aromatic heterocycles. The van der Waals surface area contributed by atoms with E-state index in [1.165, 1.54) is 24.3 Å². The van der Waals surface area contributed by atoms with Crippen LogP contribution in [0.25, 0.3) is 0 Å². The SMILES string of the molecule is CCN.Nc1ccc(S(=O)(=O)O)cc1. The molecule has 14 heavy (non-hydrogen) atoms. The second-order valence-corrected chi connectivity index (χ2v) is 3.87. The van der Waals surface area contributed by atoms with E-state index in [2.05, 4.69) is 0 Å². The van der Waals surface area contributed by atoms with Gasteiger partial charge in [-0.1, -0.05) is 6.92 Å². The lowest BCUT2D eigenvalue weighted by Crippen LogP contribution is -1.97. The lowest BCUT2D eigenvalue weighted by Gasteiger charge is -1.95. The van der Waals surface area contributed by atoms with E-state index in [0.29, 0.717) is 5.69 Å². The fraction of sp³-hybridized carbons (Fsp3) is 0.250. The van der Waals surface area contributed by atoms with Gasteiger partial charge in [0.25, 0.3) is 10.1 Å². The minimum Gasteiger partial charge on any atom is -0.399 e. The van der Waals surface area contributed by atoms with Crippen LogP contribution in [0.2, 0.25) is 0 Å². The van der Waals surface area contributed by atoms with Gasteiger partial charge in [0.2, 0.25) is 0 Å². The van der Waals surface area contributed by atoms with Gasteiger partial charge in [0.1, 0.15) is 0 Å². The van der Waals surface area contributed by atoms with Crippen LogP contribution in [0.3, 0.4) is 0 Å². The van der Waals surface area contributed by atoms with Gasteiger partial charge in [-0.05, 0) is 30.8 Å². The molecule has 0 spiro atoms. The fourth-order valence-electron chi connectivity index (χ4n) is 0.640. The molecule has 6 heteroatoms. The Kier molecular flexibility index (Phi) is 5.14. The Morgan fingerprint density at radius 1 is 1.29 bits per heavy atom. The maximum absolute atomic E-state index is 10.5. The molecule has 0 heterocycles. The summed E-state index contributed by atoms with van der Waals surface area (Å²) in [5, 5.41) is 0. The number of hydrogen-bond acceptors (Lipinski definition) is 4. The molecular weight excluding hydrogens is 204 g/mol. The van der Waals surface area contributed by atoms with Gasteiger partial charge in [-0.25, -0.2) is 0 Å². The molecule has 0 aliphatic heterocycles. The highest BCUT2D eigenvalue weighted by atomic mass is 32.2. The van der Waals surface area contributed by atoms with Crippen LogP contribution in [0, 0.1) is 0 Å². The summed E-state index contributed by atoms with van der Waals surface area (Å²) in [6.07, 6.45) is 0. The molecule has 1 rings (SSSR count). The van der Waals surface area contributed by atoms with Gasteiger partial charge in [0.15, 0.2) is 0 Å². The molecular formula is C8H14N2O3S. The highest BCUT2D eigenvalue weighted by Crippen LogP contribution is 2.10. The number of nitrogen functional groups attached to an aromatic ring is 1. The number of hydrogen-bond donors (Lipinski definition) is 3. The Bertz CT molecular complexity index is 359. The van der Waals surface area contributed by atoms with E-state index in [4.69, 9.17) is 16.0 Å². The van der Waals surface area contributed by atoms with Gasteiger partial charge in [0.05, 0.1) is 4.90 Å². The van der Waals surface area contributed by atoms with E-state index in [1.54, 1.807) is 0 Å². The monoisotopic (exact) mass is 218 g/mol. The molecule has 0 atom stereocenters. The average Bonchev–Trinajstić information content (AvgIpc) is 2.04. The smallest absolute Gasteiger partial charge is 0.294 e. The average molecular weight is 218 g/mol. The molecule has 5 nitrogen and oxygen atoms in total. The van der Waals surface area contributed by atoms with Crippen molar-refractivity contribution in [2.24, 2.45) is 5.73 Å². The number of nitrogens with two attached hydrogens (primary N) is 2. The number of benzene rings is 1. The molecule has 0 aliphatic carbocycles. The normalized spacial score (nSPS) is 10.2. The highest BCUT2D eigenvalue weighted by Gasteiger charge is 2.06. The maximum Gasteiger partial charge on any atom is 0.294 e. The molecule has 1 aromatic rings. The molecule has 5 N–H and O–H groups in total. The molecule has 0 radical (unpaired) electrons. The molecule has 0 unspecified atom stereocenters. The number of rotatable bonds is 1. The Labute approximate surface area is 83.5 Å². The van der Waals surface area contributed by atoms with Crippen molar-refractivity contribution in [3.8, 4) is 0 Å². The topological polar surface area (TPSA) is 106 Å². The van der Waals surface area contributed by atoms with E-state index in [9.17, 15) is 8.42 Å². The second-order valence-electron chi connectivity index (χ2n) is 2.45. The van der Waals surface area contributed by atoms with Gasteiger partial charge < -0.3 is 11.5 Å². The zero-order valence-corrected chi connectivity index (χ0v) is 8.66. The van der Waals surface area contributed by atoms with Crippen LogP contribution in [-0.2, 0) is 10.1 Å². The predicted octanol–water partition coefficient (Wildman–Crippen LogP) is 0.481. The quantitative estimate of drug-likeness (QED) is 0.469. The Balaban J connectivity index is 0.000000500. The van der Waals surface area contributed by atoms with Crippen molar-refractivity contribution in [1.82, 2.24) is 0 Å². The second kappa shape index (κ2) is 5.58. The van der Waals surface area contributed by atoms with Crippen molar-refractivity contribution in [3.63, 3.8) is 0 Å². The van der Waals surface area contributed by atoms with Gasteiger partial charge in [0, 0.05) is 5.69 Å². The first kappa shape index (κ1) is 12.9. The maximum atomic E-state index is 10.5. The summed E-state index contributed by atoms with van der Waals surface area (Å²) in [6, 6.07) is 5.29. The molecule has 80 valence electrons. The van der Waals surface area contributed by atoms with E-state index in [-0.39, 0.29) is 4.90 Å². The third-order valence-corrected chi connectivity index (χ3v) is 2.05. The van der Waals surface area contributed by atoms with Crippen LogP contribution >= 0.6 is 0 Å². The summed E-state index contributed by atoms with van der Waals surface area (Å²) < 4.78 is 29.4. The van der Waals surface area contributed by atoms with Crippen LogP contribution < -0.4 is 11.5 Å². The fourth-order valence-corrected chi connectivity index (χ4v) is 1.12. The van der Waals surface area contributed by atoms with E-state index >= 15 is 0 Å². The van der Waals surface area contributed by atoms with Gasteiger partial charge >= 0.3 is 0 Å². The predicted molar refractivity (Wildman–Crippen MR) is 55.4 cm³/mol. The first-order chi connectivity index (χ1) is 6.41. The first-order valence-corrected chi connectivity index (χ1v) is 5.39. The Morgan fingerprint density at radius 3 is 1.93 bits per heavy atom. The van der Waals surface area contributed by atoms with E-state index in [1.807, 2.05) is 6.92 Å². The minimum atomic E-state index is -4.08. The summed E-state index contributed by atoms with van der Waals surface area (Å²) in [4.78, 5) is -0.147. The lowest BCUT2D eigenvalue weighted by molar-refractivity contribution is 0.483. The highest BCUT2D eigenvalue weighted by molar-refractivity contribution is 7.85. The van der Waals surface area contributed by atoms with Gasteiger partial charge in [-0.2, -0.15) is 8.42 Å². The molecule has 0 amide bonds. The van der Waals surface area contributed by atoms with Crippen LogP contribution in [-0.4, -0.2) is 19.5 Å². The Morgan fingerprint density at radius 2 is 1.64 bits per heavy atom. The van der Waals surface area contributed by atoms with Crippen LogP contribution in [0.4, 0.5) is 5.69 Å². The summed E-state index contributed by atoms with van der Waals surface area (Å²) in [7, 11) is -4.08. The standard InChI is InChI=1S/C6H7NO3S.C2H7N/c7-5-1-3-6(4-2-5)11(8,9)10;1-2-3/h1-4H,7H2,(H,8,9,10);2-3H2,1H3. The van der Waals surface area contributed by atoms with Crippen molar-refractivity contribution in [1.29, 1.82) is 0 Å². The summed E-state index contributed by atoms with van der Waals surface area (Å²) >= 11 is 0. The first-order valence-electron chi connectivity index (χ1n) is 3.95. The third kappa shape index (κ3) is 4.80. The summed E-state index contributed by atoms with van der Waals surface area (Å²) in [6.45, 7) is 2.65. The number of anilines is 1. The van der Waals surface area contributed by atoms with E-state index < -0.39 is 10.1 Å². The third-order valence-electron chi connectivity index (χ3n) is 1.18. The van der Waals surface area contributed by atoms with Crippen LogP contribution in [0.1, 0.15) is 6.92 Å². The molecule has 0 saturated heterocycles. The van der Waals surface area contributed by atoms with Crippen LogP contribution in [0.15, 0.2) is 29.2 Å². The largest absolute Gasteiger partial charge is 0.399 e. The van der Waals surface area contributed by atoms with Gasteiger partial charge in [-0.3, -0.25) is 4.55 Å². The van der Waals surface area contributed by atoms with Crippen molar-refractivity contribution in [3.05, 3.63) is 24.3 Å². The molecule has 1 aromatic carbocycles. The zero-order valence-electron chi connectivity index (χ0n) is 7.84. The van der Waals surface area contributed by atoms with Gasteiger partial charge in [-0.15, -0.1) is 0 Å². The Hall–Kier alpha value is -1.11. The van der Waals surface area contributed by atoms with Crippen molar-refractivity contribution in [2.45, 2.75) is 11.8 Å². The molecule has 0 fully saturated rings. The summed E-state index contributed by atoms with van der Waals surface area (Å²) in [5.41, 5.74) is 10.6. The lowest BCUT2D eigenvalue weighted by atomic mass is 10.3. The van der Waals surface area contributed by atoms with Crippen molar-refractivity contribution < 1.29 is 13.0 Å². The zero-order chi connectivity index (χ0) is 11.2. The van der Waals surface area contributed by atoms with Crippen molar-refractivity contribution >= 4 is 15.8 Å². The minimum absolute atomic E-state index is 0.147. The molecule has 0 aliphatic rings.